The van der Waals surface area contributed by atoms with Gasteiger partial charge in [0.15, 0.2) is 5.78 Å². The molecular formula is C24H25N3O2. The Morgan fingerprint density at radius 2 is 1.59 bits per heavy atom. The Balaban J connectivity index is 1.65. The number of nitrogens with zero attached hydrogens (tertiary/aromatic N) is 3. The molecule has 0 bridgehead atoms. The summed E-state index contributed by atoms with van der Waals surface area (Å²) in [5, 5.41) is 0. The van der Waals surface area contributed by atoms with E-state index in [1.165, 1.54) is 6.42 Å². The van der Waals surface area contributed by atoms with E-state index in [0.717, 1.165) is 36.9 Å². The molecular weight excluding hydrogens is 362 g/mol. The van der Waals surface area contributed by atoms with Crippen molar-refractivity contribution in [2.75, 3.05) is 11.9 Å². The Labute approximate surface area is 171 Å². The molecule has 0 N–H and O–H groups in total. The van der Waals surface area contributed by atoms with Crippen molar-refractivity contribution in [3.05, 3.63) is 65.7 Å². The summed E-state index contributed by atoms with van der Waals surface area (Å²) in [5.74, 6) is -0.264. The van der Waals surface area contributed by atoms with E-state index in [1.807, 2.05) is 71.4 Å². The Hall–Kier alpha value is -2.95. The van der Waals surface area contributed by atoms with E-state index in [9.17, 15) is 9.59 Å². The highest BCUT2D eigenvalue weighted by Gasteiger charge is 2.50. The molecule has 0 spiro atoms. The summed E-state index contributed by atoms with van der Waals surface area (Å²) in [7, 11) is 1.93. The predicted octanol–water partition coefficient (Wildman–Crippen LogP) is 3.88. The van der Waals surface area contributed by atoms with E-state index in [4.69, 9.17) is 4.99 Å². The minimum absolute atomic E-state index is 0.0953. The van der Waals surface area contributed by atoms with Gasteiger partial charge in [-0.15, -0.1) is 0 Å². The Morgan fingerprint density at radius 1 is 0.897 bits per heavy atom. The van der Waals surface area contributed by atoms with Crippen LogP contribution < -0.4 is 4.90 Å². The van der Waals surface area contributed by atoms with E-state index < -0.39 is 12.1 Å². The maximum Gasteiger partial charge on any atom is 0.243 e. The summed E-state index contributed by atoms with van der Waals surface area (Å²) in [6.45, 7) is 0. The molecule has 2 aromatic rings. The molecule has 148 valence electrons. The third-order valence-corrected chi connectivity index (χ3v) is 6.48. The van der Waals surface area contributed by atoms with Gasteiger partial charge in [0.05, 0.1) is 0 Å². The second kappa shape index (κ2) is 7.14. The van der Waals surface area contributed by atoms with Gasteiger partial charge < -0.3 is 4.90 Å². The average Bonchev–Trinajstić information content (AvgIpc) is 2.78. The molecule has 0 aromatic heterocycles. The molecule has 1 saturated carbocycles. The zero-order valence-corrected chi connectivity index (χ0v) is 16.6. The number of aliphatic imine (C=N–C) groups is 1. The first kappa shape index (κ1) is 18.1. The van der Waals surface area contributed by atoms with Crippen LogP contribution in [0.25, 0.3) is 0 Å². The van der Waals surface area contributed by atoms with E-state index in [0.29, 0.717) is 11.4 Å². The fraction of sp³-hybridized carbons (Fsp3) is 0.375. The number of fused-ring (bicyclic) bond motifs is 2. The number of ketones is 1. The number of amides is 1. The van der Waals surface area contributed by atoms with Crippen LogP contribution >= 0.6 is 0 Å². The molecule has 1 aliphatic carbocycles. The van der Waals surface area contributed by atoms with Crippen molar-refractivity contribution in [1.82, 2.24) is 4.90 Å². The number of Topliss-reactive ketones (excluding diaryl/α,β-unsaturated/α-hetero) is 1. The van der Waals surface area contributed by atoms with Crippen molar-refractivity contribution in [1.29, 1.82) is 0 Å². The smallest absolute Gasteiger partial charge is 0.243 e. The predicted molar refractivity (Wildman–Crippen MR) is 113 cm³/mol. The van der Waals surface area contributed by atoms with Gasteiger partial charge in [-0.3, -0.25) is 14.5 Å². The summed E-state index contributed by atoms with van der Waals surface area (Å²) < 4.78 is 0. The fourth-order valence-corrected chi connectivity index (χ4v) is 4.99. The Bertz CT molecular complexity index is 979. The summed E-state index contributed by atoms with van der Waals surface area (Å²) in [4.78, 5) is 36.0. The van der Waals surface area contributed by atoms with Crippen molar-refractivity contribution >= 4 is 23.2 Å². The monoisotopic (exact) mass is 387 g/mol. The zero-order valence-electron chi connectivity index (χ0n) is 16.6. The molecule has 5 nitrogen and oxygen atoms in total. The minimum Gasteiger partial charge on any atom is -0.351 e. The first-order valence-electron chi connectivity index (χ1n) is 10.5. The van der Waals surface area contributed by atoms with E-state index >= 15 is 0 Å². The zero-order chi connectivity index (χ0) is 20.0. The van der Waals surface area contributed by atoms with Gasteiger partial charge in [0.1, 0.15) is 17.9 Å². The molecule has 2 unspecified atom stereocenters. The lowest BCUT2D eigenvalue weighted by atomic mass is 9.84. The van der Waals surface area contributed by atoms with Gasteiger partial charge in [0.2, 0.25) is 5.91 Å². The van der Waals surface area contributed by atoms with Crippen LogP contribution in [0.1, 0.15) is 48.0 Å². The molecule has 1 amide bonds. The molecule has 2 aliphatic heterocycles. The Kier molecular flexibility index (Phi) is 4.46. The van der Waals surface area contributed by atoms with Crippen LogP contribution in [0.4, 0.5) is 5.69 Å². The quantitative estimate of drug-likeness (QED) is 0.735. The standard InChI is InChI=1S/C24H25N3O2/c1-26-19-15-9-8-14-18(19)21(28)20-23(26)25-22(16-10-4-2-5-11-16)27(24(20)29)17-12-6-3-7-13-17/h2,4-5,8-11,14-15,17,20,23H,3,6-7,12-13H2,1H3. The molecule has 2 atom stereocenters. The second-order valence-electron chi connectivity index (χ2n) is 8.20. The van der Waals surface area contributed by atoms with Gasteiger partial charge >= 0.3 is 0 Å². The van der Waals surface area contributed by atoms with E-state index in [-0.39, 0.29) is 17.7 Å². The topological polar surface area (TPSA) is 53.0 Å². The van der Waals surface area contributed by atoms with Gasteiger partial charge in [-0.05, 0) is 25.0 Å². The van der Waals surface area contributed by atoms with Crippen molar-refractivity contribution < 1.29 is 9.59 Å². The Morgan fingerprint density at radius 3 is 2.34 bits per heavy atom. The number of anilines is 1. The number of hydrogen-bond donors (Lipinski definition) is 0. The van der Waals surface area contributed by atoms with Crippen LogP contribution in [0.3, 0.4) is 0 Å². The summed E-state index contributed by atoms with van der Waals surface area (Å²) in [6.07, 6.45) is 4.87. The molecule has 3 aliphatic rings. The molecule has 1 fully saturated rings. The van der Waals surface area contributed by atoms with Crippen LogP contribution in [0.15, 0.2) is 59.6 Å². The summed E-state index contributed by atoms with van der Waals surface area (Å²) in [6, 6.07) is 17.6. The number of carbonyl (C=O) groups is 2. The first-order valence-corrected chi connectivity index (χ1v) is 10.5. The highest BCUT2D eigenvalue weighted by molar-refractivity contribution is 6.21. The molecule has 29 heavy (non-hydrogen) atoms. The number of hydrogen-bond acceptors (Lipinski definition) is 4. The van der Waals surface area contributed by atoms with Crippen molar-refractivity contribution in [2.45, 2.75) is 44.3 Å². The molecule has 5 rings (SSSR count). The number of benzene rings is 2. The minimum atomic E-state index is -0.774. The number of amidine groups is 1. The number of carbonyl (C=O) groups excluding carboxylic acids is 2. The highest BCUT2D eigenvalue weighted by Crippen LogP contribution is 2.38. The maximum atomic E-state index is 13.8. The third-order valence-electron chi connectivity index (χ3n) is 6.48. The second-order valence-corrected chi connectivity index (χ2v) is 8.20. The van der Waals surface area contributed by atoms with Crippen molar-refractivity contribution in [3.8, 4) is 0 Å². The molecule has 2 aromatic carbocycles. The number of rotatable bonds is 2. The summed E-state index contributed by atoms with van der Waals surface area (Å²) >= 11 is 0. The number of para-hydroxylation sites is 1. The van der Waals surface area contributed by atoms with Crippen molar-refractivity contribution in [2.24, 2.45) is 10.9 Å². The third kappa shape index (κ3) is 2.87. The molecule has 5 heteroatoms. The lowest BCUT2D eigenvalue weighted by Crippen LogP contribution is -2.60. The normalized spacial score (nSPS) is 24.8. The van der Waals surface area contributed by atoms with E-state index in [1.54, 1.807) is 0 Å². The van der Waals surface area contributed by atoms with Gasteiger partial charge in [-0.2, -0.15) is 0 Å². The lowest BCUT2D eigenvalue weighted by Gasteiger charge is -2.46. The molecule has 0 saturated heterocycles. The van der Waals surface area contributed by atoms with Gasteiger partial charge in [-0.25, -0.2) is 4.99 Å². The maximum absolute atomic E-state index is 13.8. The van der Waals surface area contributed by atoms with Crippen LogP contribution in [-0.4, -0.2) is 41.7 Å². The van der Waals surface area contributed by atoms with Crippen LogP contribution in [0, 0.1) is 5.92 Å². The lowest BCUT2D eigenvalue weighted by molar-refractivity contribution is -0.133. The highest BCUT2D eigenvalue weighted by atomic mass is 16.2. The fourth-order valence-electron chi connectivity index (χ4n) is 4.99. The van der Waals surface area contributed by atoms with Crippen LogP contribution in [-0.2, 0) is 4.79 Å². The van der Waals surface area contributed by atoms with Gasteiger partial charge in [0.25, 0.3) is 0 Å². The SMILES string of the molecule is CN1c2ccccc2C(=O)C2C(=O)N(C3CCCCC3)C(c3ccccc3)=NC21. The van der Waals surface area contributed by atoms with Crippen LogP contribution in [0.2, 0.25) is 0 Å². The average molecular weight is 387 g/mol. The molecule has 0 radical (unpaired) electrons. The van der Waals surface area contributed by atoms with Crippen LogP contribution in [0.5, 0.6) is 0 Å². The first-order chi connectivity index (χ1) is 14.2. The van der Waals surface area contributed by atoms with Gasteiger partial charge in [-0.1, -0.05) is 61.7 Å². The molecule has 2 heterocycles. The van der Waals surface area contributed by atoms with Crippen molar-refractivity contribution in [3.63, 3.8) is 0 Å². The summed E-state index contributed by atoms with van der Waals surface area (Å²) in [5.41, 5.74) is 2.39. The largest absolute Gasteiger partial charge is 0.351 e. The van der Waals surface area contributed by atoms with Gasteiger partial charge in [0, 0.05) is 29.9 Å². The van der Waals surface area contributed by atoms with E-state index in [2.05, 4.69) is 0 Å².